The Balaban J connectivity index is 1.10. The fourth-order valence-corrected chi connectivity index (χ4v) is 6.22. The van der Waals surface area contributed by atoms with Crippen LogP contribution in [0.5, 0.6) is 0 Å². The molecular formula is C25H48N4. The third kappa shape index (κ3) is 5.19. The van der Waals surface area contributed by atoms with Gasteiger partial charge in [0.15, 0.2) is 0 Å². The average molecular weight is 405 g/mol. The van der Waals surface area contributed by atoms with E-state index in [0.29, 0.717) is 11.0 Å². The summed E-state index contributed by atoms with van der Waals surface area (Å²) < 4.78 is 0. The van der Waals surface area contributed by atoms with E-state index < -0.39 is 0 Å². The van der Waals surface area contributed by atoms with E-state index in [-0.39, 0.29) is 0 Å². The summed E-state index contributed by atoms with van der Waals surface area (Å²) in [4.78, 5) is 11.0. The van der Waals surface area contributed by atoms with Crippen molar-refractivity contribution in [1.29, 1.82) is 0 Å². The first-order valence-corrected chi connectivity index (χ1v) is 12.5. The Kier molecular flexibility index (Phi) is 6.39. The molecule has 0 aromatic heterocycles. The number of likely N-dealkylation sites (tertiary alicyclic amines) is 4. The fraction of sp³-hybridized carbons (Fsp3) is 1.00. The highest BCUT2D eigenvalue weighted by Gasteiger charge is 2.42. The van der Waals surface area contributed by atoms with E-state index in [1.807, 2.05) is 0 Å². The Morgan fingerprint density at radius 1 is 0.655 bits per heavy atom. The van der Waals surface area contributed by atoms with Gasteiger partial charge >= 0.3 is 0 Å². The number of piperidine rings is 2. The van der Waals surface area contributed by atoms with E-state index in [2.05, 4.69) is 61.1 Å². The van der Waals surface area contributed by atoms with Crippen LogP contribution in [0.2, 0.25) is 0 Å². The van der Waals surface area contributed by atoms with Crippen LogP contribution in [0.3, 0.4) is 0 Å². The second kappa shape index (κ2) is 8.41. The Morgan fingerprint density at radius 2 is 1.24 bits per heavy atom. The molecule has 0 atom stereocenters. The predicted molar refractivity (Wildman–Crippen MR) is 123 cm³/mol. The standard InChI is InChI=1S/C25H48N4/c1-24(2,3)21-7-13-27(14-8-21)22-9-11-26(12-10-22)15-20-16-28(17-20)23-18-29(19-23)25(4,5)6/h20-23H,7-19H2,1-6H3. The van der Waals surface area contributed by atoms with Gasteiger partial charge in [-0.1, -0.05) is 20.8 Å². The summed E-state index contributed by atoms with van der Waals surface area (Å²) in [6, 6.07) is 1.70. The van der Waals surface area contributed by atoms with Crippen molar-refractivity contribution in [2.24, 2.45) is 17.3 Å². The zero-order chi connectivity index (χ0) is 20.8. The quantitative estimate of drug-likeness (QED) is 0.709. The third-order valence-corrected chi connectivity index (χ3v) is 8.66. The highest BCUT2D eigenvalue weighted by Crippen LogP contribution is 2.36. The summed E-state index contributed by atoms with van der Waals surface area (Å²) in [5.41, 5.74) is 0.851. The molecular weight excluding hydrogens is 356 g/mol. The Bertz CT molecular complexity index is 520. The smallest absolute Gasteiger partial charge is 0.0351 e. The molecule has 0 saturated carbocycles. The zero-order valence-corrected chi connectivity index (χ0v) is 20.3. The summed E-state index contributed by atoms with van der Waals surface area (Å²) in [5.74, 6) is 1.85. The van der Waals surface area contributed by atoms with E-state index in [1.54, 1.807) is 0 Å². The molecule has 4 rings (SSSR count). The van der Waals surface area contributed by atoms with Gasteiger partial charge in [-0.2, -0.15) is 0 Å². The topological polar surface area (TPSA) is 13.0 Å². The monoisotopic (exact) mass is 404 g/mol. The molecule has 29 heavy (non-hydrogen) atoms. The van der Waals surface area contributed by atoms with E-state index in [9.17, 15) is 0 Å². The molecule has 0 radical (unpaired) electrons. The molecule has 4 aliphatic heterocycles. The second-order valence-corrected chi connectivity index (χ2v) is 12.8. The van der Waals surface area contributed by atoms with Crippen molar-refractivity contribution in [2.45, 2.75) is 84.8 Å². The van der Waals surface area contributed by atoms with Crippen LogP contribution in [-0.4, -0.2) is 96.1 Å². The summed E-state index contributed by atoms with van der Waals surface area (Å²) in [7, 11) is 0. The molecule has 0 N–H and O–H groups in total. The second-order valence-electron chi connectivity index (χ2n) is 12.8. The van der Waals surface area contributed by atoms with Crippen LogP contribution in [0.4, 0.5) is 0 Å². The van der Waals surface area contributed by atoms with Crippen LogP contribution >= 0.6 is 0 Å². The summed E-state index contributed by atoms with van der Waals surface area (Å²) in [6.07, 6.45) is 5.63. The first-order valence-electron chi connectivity index (χ1n) is 12.5. The van der Waals surface area contributed by atoms with Gasteiger partial charge in [0, 0.05) is 50.3 Å². The maximum atomic E-state index is 2.84. The third-order valence-electron chi connectivity index (χ3n) is 8.66. The fourth-order valence-electron chi connectivity index (χ4n) is 6.22. The highest BCUT2D eigenvalue weighted by atomic mass is 15.4. The van der Waals surface area contributed by atoms with Crippen molar-refractivity contribution in [3.63, 3.8) is 0 Å². The van der Waals surface area contributed by atoms with Gasteiger partial charge in [0.05, 0.1) is 0 Å². The minimum absolute atomic E-state index is 0.354. The molecule has 0 aromatic carbocycles. The average Bonchev–Trinajstić information content (AvgIpc) is 2.57. The normalized spacial score (nSPS) is 29.2. The van der Waals surface area contributed by atoms with Crippen LogP contribution in [0.25, 0.3) is 0 Å². The predicted octanol–water partition coefficient (Wildman–Crippen LogP) is 3.62. The van der Waals surface area contributed by atoms with Crippen molar-refractivity contribution in [3.05, 3.63) is 0 Å². The first-order chi connectivity index (χ1) is 13.6. The number of rotatable bonds is 4. The first kappa shape index (κ1) is 22.0. The van der Waals surface area contributed by atoms with Crippen molar-refractivity contribution in [1.82, 2.24) is 19.6 Å². The Morgan fingerprint density at radius 3 is 1.76 bits per heavy atom. The van der Waals surface area contributed by atoms with Gasteiger partial charge in [0.2, 0.25) is 0 Å². The number of nitrogens with zero attached hydrogens (tertiary/aromatic N) is 4. The minimum Gasteiger partial charge on any atom is -0.303 e. The number of hydrogen-bond acceptors (Lipinski definition) is 4. The summed E-state index contributed by atoms with van der Waals surface area (Å²) in [5, 5.41) is 0. The maximum Gasteiger partial charge on any atom is 0.0351 e. The van der Waals surface area contributed by atoms with Gasteiger partial charge in [-0.3, -0.25) is 9.80 Å². The van der Waals surface area contributed by atoms with E-state index in [4.69, 9.17) is 0 Å². The SMILES string of the molecule is CC(C)(C)C1CCN(C2CCN(CC3CN(C4CN(C(C)(C)C)C4)C3)CC2)CC1. The lowest BCUT2D eigenvalue weighted by atomic mass is 9.75. The van der Waals surface area contributed by atoms with Crippen LogP contribution < -0.4 is 0 Å². The van der Waals surface area contributed by atoms with Crippen molar-refractivity contribution in [2.75, 3.05) is 58.9 Å². The molecule has 0 unspecified atom stereocenters. The molecule has 4 saturated heterocycles. The molecule has 4 nitrogen and oxygen atoms in total. The van der Waals surface area contributed by atoms with Gasteiger partial charge in [0.1, 0.15) is 0 Å². The Hall–Kier alpha value is -0.160. The van der Waals surface area contributed by atoms with Crippen LogP contribution in [0, 0.1) is 17.3 Å². The maximum absolute atomic E-state index is 2.84. The number of hydrogen-bond donors (Lipinski definition) is 0. The molecule has 168 valence electrons. The van der Waals surface area contributed by atoms with Crippen molar-refractivity contribution < 1.29 is 0 Å². The van der Waals surface area contributed by atoms with E-state index in [1.165, 1.54) is 84.6 Å². The lowest BCUT2D eigenvalue weighted by molar-refractivity contribution is -0.0708. The summed E-state index contributed by atoms with van der Waals surface area (Å²) in [6.45, 7) is 26.3. The minimum atomic E-state index is 0.354. The van der Waals surface area contributed by atoms with Gasteiger partial charge < -0.3 is 9.80 Å². The van der Waals surface area contributed by atoms with Crippen LogP contribution in [0.15, 0.2) is 0 Å². The molecule has 4 aliphatic rings. The molecule has 4 heterocycles. The largest absolute Gasteiger partial charge is 0.303 e. The van der Waals surface area contributed by atoms with E-state index >= 15 is 0 Å². The van der Waals surface area contributed by atoms with Crippen LogP contribution in [-0.2, 0) is 0 Å². The van der Waals surface area contributed by atoms with Gasteiger partial charge in [0.25, 0.3) is 0 Å². The molecule has 0 amide bonds. The van der Waals surface area contributed by atoms with Crippen molar-refractivity contribution >= 4 is 0 Å². The van der Waals surface area contributed by atoms with Gasteiger partial charge in [-0.15, -0.1) is 0 Å². The van der Waals surface area contributed by atoms with Crippen molar-refractivity contribution in [3.8, 4) is 0 Å². The van der Waals surface area contributed by atoms with Crippen LogP contribution in [0.1, 0.15) is 67.2 Å². The summed E-state index contributed by atoms with van der Waals surface area (Å²) >= 11 is 0. The van der Waals surface area contributed by atoms with Gasteiger partial charge in [-0.05, 0) is 89.9 Å². The highest BCUT2D eigenvalue weighted by molar-refractivity contribution is 4.98. The molecule has 0 aliphatic carbocycles. The lowest BCUT2D eigenvalue weighted by Crippen LogP contribution is -2.69. The van der Waals surface area contributed by atoms with E-state index in [0.717, 1.165) is 23.9 Å². The zero-order valence-electron chi connectivity index (χ0n) is 20.3. The Labute approximate surface area is 181 Å². The molecule has 0 aromatic rings. The molecule has 4 heteroatoms. The molecule has 4 fully saturated rings. The molecule has 0 spiro atoms. The molecule has 0 bridgehead atoms. The lowest BCUT2D eigenvalue weighted by Gasteiger charge is -2.56. The van der Waals surface area contributed by atoms with Gasteiger partial charge in [-0.25, -0.2) is 0 Å².